The van der Waals surface area contributed by atoms with Crippen molar-refractivity contribution in [2.24, 2.45) is 0 Å². The van der Waals surface area contributed by atoms with Crippen LogP contribution in [0.25, 0.3) is 5.69 Å². The lowest BCUT2D eigenvalue weighted by Crippen LogP contribution is -2.37. The molecule has 1 unspecified atom stereocenters. The zero-order valence-electron chi connectivity index (χ0n) is 16.9. The number of aromatic nitrogens is 2. The molecule has 174 valence electrons. The van der Waals surface area contributed by atoms with Gasteiger partial charge in [-0.05, 0) is 59.3 Å². The minimum Gasteiger partial charge on any atom is -0.493 e. The molecular weight excluding hydrogens is 601 g/mol. The predicted molar refractivity (Wildman–Crippen MR) is 128 cm³/mol. The van der Waals surface area contributed by atoms with E-state index in [9.17, 15) is 28.4 Å². The molecule has 0 aliphatic carbocycles. The molecule has 0 amide bonds. The Morgan fingerprint density at radius 3 is 2.65 bits per heavy atom. The molecule has 3 aromatic rings. The van der Waals surface area contributed by atoms with Crippen LogP contribution in [0.3, 0.4) is 0 Å². The molecule has 2 aliphatic rings. The summed E-state index contributed by atoms with van der Waals surface area (Å²) in [5.41, 5.74) is -0.131. The summed E-state index contributed by atoms with van der Waals surface area (Å²) in [4.78, 5) is 23.3. The van der Waals surface area contributed by atoms with Gasteiger partial charge < -0.3 is 5.11 Å². The number of halogens is 2. The summed E-state index contributed by atoms with van der Waals surface area (Å²) in [5, 5.41) is 31.1. The highest BCUT2D eigenvalue weighted by molar-refractivity contribution is 14.1. The summed E-state index contributed by atoms with van der Waals surface area (Å²) in [5.74, 6) is -0.389. The second-order valence-electron chi connectivity index (χ2n) is 7.82. The standard InChI is InChI=1S/C20H13ClIN5O6S/c21-14-4-3-13(7-16(14)27(30)31)34(32,33)24-9-12-6-17(24)18-19(28)26(20(29)25(12)18)11-2-1-10(8-23)15(22)5-11/h1-5,7,12,17,28H,6,9H2/t12-,17?/m0/s1. The van der Waals surface area contributed by atoms with Gasteiger partial charge in [0.05, 0.1) is 33.2 Å². The number of sulfonamides is 1. The van der Waals surface area contributed by atoms with Gasteiger partial charge in [0.2, 0.25) is 15.9 Å². The number of imidazole rings is 1. The SMILES string of the molecule is N#Cc1ccc(-n2c(O)c3n(c2=O)[C@H]2CC3N(S(=O)(=O)c3ccc(Cl)c([N+](=O)[O-])c3)C2)cc1I. The van der Waals surface area contributed by atoms with Crippen molar-refractivity contribution < 1.29 is 18.4 Å². The summed E-state index contributed by atoms with van der Waals surface area (Å²) in [6, 6.07) is 8.59. The van der Waals surface area contributed by atoms with Crippen molar-refractivity contribution >= 4 is 49.9 Å². The largest absolute Gasteiger partial charge is 0.493 e. The maximum Gasteiger partial charge on any atom is 0.336 e. The van der Waals surface area contributed by atoms with Crippen LogP contribution >= 0.6 is 34.2 Å². The van der Waals surface area contributed by atoms with Gasteiger partial charge in [-0.2, -0.15) is 9.57 Å². The van der Waals surface area contributed by atoms with Gasteiger partial charge >= 0.3 is 5.69 Å². The molecule has 1 fully saturated rings. The Kier molecular flexibility index (Phi) is 5.24. The lowest BCUT2D eigenvalue weighted by Gasteiger charge is -2.26. The molecule has 5 rings (SSSR count). The highest BCUT2D eigenvalue weighted by Crippen LogP contribution is 2.50. The van der Waals surface area contributed by atoms with E-state index in [0.717, 1.165) is 21.0 Å². The summed E-state index contributed by atoms with van der Waals surface area (Å²) in [6.45, 7) is -0.0231. The fraction of sp³-hybridized carbons (Fsp3) is 0.200. The molecule has 0 radical (unpaired) electrons. The second-order valence-corrected chi connectivity index (χ2v) is 11.3. The fourth-order valence-corrected chi connectivity index (χ4v) is 7.03. The second kappa shape index (κ2) is 7.80. The monoisotopic (exact) mass is 613 g/mol. The third kappa shape index (κ3) is 3.17. The van der Waals surface area contributed by atoms with Gasteiger partial charge in [0.25, 0.3) is 5.69 Å². The number of nitro benzene ring substituents is 1. The van der Waals surface area contributed by atoms with Crippen LogP contribution in [0.4, 0.5) is 5.69 Å². The fourth-order valence-electron chi connectivity index (χ4n) is 4.57. The first-order valence-corrected chi connectivity index (χ1v) is 12.7. The van der Waals surface area contributed by atoms with Gasteiger partial charge in [-0.15, -0.1) is 0 Å². The van der Waals surface area contributed by atoms with Crippen LogP contribution in [-0.4, -0.2) is 38.4 Å². The molecular formula is C20H13ClIN5O6S. The van der Waals surface area contributed by atoms with Crippen molar-refractivity contribution in [1.29, 1.82) is 5.26 Å². The highest BCUT2D eigenvalue weighted by Gasteiger charge is 2.52. The van der Waals surface area contributed by atoms with Crippen molar-refractivity contribution in [3.05, 3.63) is 76.8 Å². The first kappa shape index (κ1) is 22.8. The van der Waals surface area contributed by atoms with Crippen LogP contribution in [0.1, 0.15) is 29.8 Å². The summed E-state index contributed by atoms with van der Waals surface area (Å²) in [6.07, 6.45) is 0.290. The van der Waals surface area contributed by atoms with Gasteiger partial charge in [0, 0.05) is 16.2 Å². The summed E-state index contributed by atoms with van der Waals surface area (Å²) < 4.78 is 30.9. The zero-order valence-corrected chi connectivity index (χ0v) is 20.7. The Morgan fingerprint density at radius 2 is 2.00 bits per heavy atom. The summed E-state index contributed by atoms with van der Waals surface area (Å²) >= 11 is 7.77. The van der Waals surface area contributed by atoms with Gasteiger partial charge in [0.1, 0.15) is 16.8 Å². The first-order valence-electron chi connectivity index (χ1n) is 9.78. The van der Waals surface area contributed by atoms with Crippen molar-refractivity contribution in [1.82, 2.24) is 13.4 Å². The highest BCUT2D eigenvalue weighted by atomic mass is 127. The zero-order chi connectivity index (χ0) is 24.5. The maximum atomic E-state index is 13.4. The molecule has 34 heavy (non-hydrogen) atoms. The predicted octanol–water partition coefficient (Wildman–Crippen LogP) is 3.07. The molecule has 1 N–H and O–H groups in total. The minimum absolute atomic E-state index is 0.0231. The molecule has 0 saturated carbocycles. The normalized spacial score (nSPS) is 19.2. The van der Waals surface area contributed by atoms with Crippen LogP contribution < -0.4 is 5.69 Å². The number of nitriles is 1. The molecule has 1 aromatic heterocycles. The van der Waals surface area contributed by atoms with Crippen LogP contribution in [0.15, 0.2) is 46.1 Å². The van der Waals surface area contributed by atoms with Crippen molar-refractivity contribution in [3.63, 3.8) is 0 Å². The van der Waals surface area contributed by atoms with Crippen molar-refractivity contribution in [2.75, 3.05) is 6.54 Å². The Morgan fingerprint density at radius 1 is 1.26 bits per heavy atom. The van der Waals surface area contributed by atoms with E-state index in [4.69, 9.17) is 16.9 Å². The molecule has 1 saturated heterocycles. The van der Waals surface area contributed by atoms with Gasteiger partial charge in [0.15, 0.2) is 0 Å². The quantitative estimate of drug-likeness (QED) is 0.270. The van der Waals surface area contributed by atoms with E-state index in [1.807, 2.05) is 28.7 Å². The minimum atomic E-state index is -4.19. The number of aromatic hydroxyl groups is 1. The van der Waals surface area contributed by atoms with Gasteiger partial charge in [-0.25, -0.2) is 17.8 Å². The molecule has 2 atom stereocenters. The number of nitrogens with zero attached hydrogens (tertiary/aromatic N) is 5. The number of rotatable bonds is 4. The third-order valence-electron chi connectivity index (χ3n) is 6.06. The Balaban J connectivity index is 1.59. The molecule has 2 aliphatic heterocycles. The van der Waals surface area contributed by atoms with Crippen LogP contribution in [0.2, 0.25) is 5.02 Å². The average molecular weight is 614 g/mol. The lowest BCUT2D eigenvalue weighted by atomic mass is 10.2. The van der Waals surface area contributed by atoms with E-state index in [0.29, 0.717) is 21.2 Å². The molecule has 3 heterocycles. The molecule has 0 spiro atoms. The smallest absolute Gasteiger partial charge is 0.336 e. The Bertz CT molecular complexity index is 1610. The summed E-state index contributed by atoms with van der Waals surface area (Å²) in [7, 11) is -4.19. The maximum absolute atomic E-state index is 13.4. The number of benzene rings is 2. The number of fused-ring (bicyclic) bond motifs is 5. The molecule has 14 heteroatoms. The number of nitro groups is 1. The van der Waals surface area contributed by atoms with Crippen molar-refractivity contribution in [3.8, 4) is 17.6 Å². The van der Waals surface area contributed by atoms with E-state index in [1.165, 1.54) is 22.8 Å². The van der Waals surface area contributed by atoms with E-state index >= 15 is 0 Å². The van der Waals surface area contributed by atoms with Crippen LogP contribution in [0.5, 0.6) is 5.88 Å². The van der Waals surface area contributed by atoms with Crippen LogP contribution in [-0.2, 0) is 10.0 Å². The van der Waals surface area contributed by atoms with E-state index in [2.05, 4.69) is 0 Å². The Labute approximate surface area is 210 Å². The topological polar surface area (TPSA) is 151 Å². The van der Waals surface area contributed by atoms with E-state index < -0.39 is 38.4 Å². The van der Waals surface area contributed by atoms with Gasteiger partial charge in [-0.1, -0.05) is 11.6 Å². The number of hydrogen-bond acceptors (Lipinski definition) is 7. The Hall–Kier alpha value is -2.93. The molecule has 11 nitrogen and oxygen atoms in total. The lowest BCUT2D eigenvalue weighted by molar-refractivity contribution is -0.384. The van der Waals surface area contributed by atoms with E-state index in [1.54, 1.807) is 6.07 Å². The average Bonchev–Trinajstić information content (AvgIpc) is 3.45. The molecule has 2 aromatic carbocycles. The van der Waals surface area contributed by atoms with Crippen LogP contribution in [0, 0.1) is 25.0 Å². The number of hydrogen-bond donors (Lipinski definition) is 1. The molecule has 2 bridgehead atoms. The van der Waals surface area contributed by atoms with Crippen molar-refractivity contribution in [2.45, 2.75) is 23.4 Å². The van der Waals surface area contributed by atoms with E-state index in [-0.39, 0.29) is 28.0 Å². The first-order chi connectivity index (χ1) is 16.1. The third-order valence-corrected chi connectivity index (χ3v) is 9.15. The van der Waals surface area contributed by atoms with Gasteiger partial charge in [-0.3, -0.25) is 14.7 Å².